The maximum absolute atomic E-state index is 12.0. The second-order valence-corrected chi connectivity index (χ2v) is 5.03. The molecule has 0 aromatic carbocycles. The molecule has 2 aromatic rings. The van der Waals surface area contributed by atoms with Gasteiger partial charge in [0.1, 0.15) is 0 Å². The van der Waals surface area contributed by atoms with Crippen molar-refractivity contribution in [1.29, 1.82) is 0 Å². The van der Waals surface area contributed by atoms with Crippen LogP contribution in [0.5, 0.6) is 0 Å². The van der Waals surface area contributed by atoms with Gasteiger partial charge in [-0.15, -0.1) is 11.3 Å². The summed E-state index contributed by atoms with van der Waals surface area (Å²) in [5, 5.41) is 16.6. The molecule has 2 rings (SSSR count). The van der Waals surface area contributed by atoms with E-state index in [2.05, 4.69) is 10.5 Å². The topological polar surface area (TPSA) is 92.4 Å². The number of anilines is 1. The molecule has 0 saturated heterocycles. The van der Waals surface area contributed by atoms with Crippen molar-refractivity contribution >= 4 is 35.2 Å². The Balaban J connectivity index is 2.10. The normalized spacial score (nSPS) is 10.9. The van der Waals surface area contributed by atoms with Crippen molar-refractivity contribution in [3.05, 3.63) is 39.2 Å². The van der Waals surface area contributed by atoms with Gasteiger partial charge in [-0.3, -0.25) is 10.1 Å². The minimum atomic E-state index is -1.03. The van der Waals surface area contributed by atoms with Crippen LogP contribution < -0.4 is 5.32 Å². The number of carbonyl (C=O) groups excluding carboxylic acids is 1. The molecule has 1 amide bonds. The lowest BCUT2D eigenvalue weighted by Crippen LogP contribution is -2.10. The van der Waals surface area contributed by atoms with Gasteiger partial charge in [-0.2, -0.15) is 0 Å². The molecular formula is C13H12N2O4S. The van der Waals surface area contributed by atoms with Crippen LogP contribution in [0.3, 0.4) is 0 Å². The largest absolute Gasteiger partial charge is 0.478 e. The number of hydrogen-bond acceptors (Lipinski definition) is 5. The quantitative estimate of drug-likeness (QED) is 0.845. The van der Waals surface area contributed by atoms with Gasteiger partial charge in [0.05, 0.1) is 11.3 Å². The average molecular weight is 292 g/mol. The van der Waals surface area contributed by atoms with Crippen molar-refractivity contribution in [3.8, 4) is 0 Å². The zero-order valence-corrected chi connectivity index (χ0v) is 11.7. The van der Waals surface area contributed by atoms with E-state index in [1.54, 1.807) is 25.3 Å². The van der Waals surface area contributed by atoms with Gasteiger partial charge in [0.15, 0.2) is 0 Å². The van der Waals surface area contributed by atoms with E-state index in [1.165, 1.54) is 17.4 Å². The number of hydrogen-bond donors (Lipinski definition) is 2. The maximum Gasteiger partial charge on any atom is 0.328 e. The molecule has 0 aliphatic carbocycles. The lowest BCUT2D eigenvalue weighted by molar-refractivity contribution is -0.131. The summed E-state index contributed by atoms with van der Waals surface area (Å²) < 4.78 is 5.00. The first kappa shape index (κ1) is 14.0. The minimum absolute atomic E-state index is 0.321. The Hall–Kier alpha value is -2.41. The van der Waals surface area contributed by atoms with E-state index in [9.17, 15) is 9.59 Å². The molecule has 2 aromatic heterocycles. The highest BCUT2D eigenvalue weighted by Crippen LogP contribution is 2.21. The monoisotopic (exact) mass is 292 g/mol. The Morgan fingerprint density at radius 1 is 1.45 bits per heavy atom. The van der Waals surface area contributed by atoms with Crippen molar-refractivity contribution in [2.45, 2.75) is 13.8 Å². The molecule has 7 heteroatoms. The number of thiophene rings is 1. The molecule has 0 atom stereocenters. The summed E-state index contributed by atoms with van der Waals surface area (Å²) in [6, 6.07) is 1.61. The number of aryl methyl sites for hydroxylation is 1. The highest BCUT2D eigenvalue weighted by atomic mass is 32.1. The number of nitrogens with one attached hydrogen (secondary N) is 1. The number of rotatable bonds is 4. The Labute approximate surface area is 118 Å². The first-order valence-electron chi connectivity index (χ1n) is 5.71. The van der Waals surface area contributed by atoms with Gasteiger partial charge in [-0.25, -0.2) is 4.79 Å². The zero-order valence-electron chi connectivity index (χ0n) is 10.8. The van der Waals surface area contributed by atoms with Crippen LogP contribution in [-0.2, 0) is 4.79 Å². The van der Waals surface area contributed by atoms with E-state index in [-0.39, 0.29) is 5.91 Å². The number of amides is 1. The average Bonchev–Trinajstić information content (AvgIpc) is 2.98. The summed E-state index contributed by atoms with van der Waals surface area (Å²) in [6.07, 6.45) is 2.46. The summed E-state index contributed by atoms with van der Waals surface area (Å²) in [7, 11) is 0. The third-order valence-electron chi connectivity index (χ3n) is 2.66. The van der Waals surface area contributed by atoms with Crippen LogP contribution in [0.15, 0.2) is 22.0 Å². The molecule has 0 saturated carbocycles. The summed E-state index contributed by atoms with van der Waals surface area (Å²) in [5.41, 5.74) is 1.93. The van der Waals surface area contributed by atoms with Crippen molar-refractivity contribution in [2.24, 2.45) is 0 Å². The summed E-state index contributed by atoms with van der Waals surface area (Å²) >= 11 is 1.28. The number of carboxylic acids is 1. The van der Waals surface area contributed by atoms with Gasteiger partial charge < -0.3 is 9.63 Å². The number of aliphatic carboxylic acids is 1. The third kappa shape index (κ3) is 3.12. The van der Waals surface area contributed by atoms with E-state index < -0.39 is 5.97 Å². The number of aromatic nitrogens is 1. The van der Waals surface area contributed by atoms with E-state index in [0.29, 0.717) is 16.3 Å². The zero-order chi connectivity index (χ0) is 14.7. The molecule has 20 heavy (non-hydrogen) atoms. The standard InChI is InChI=1S/C13H12N2O4S/c1-7-8(2)15-19-13(7)14-12(18)9-5-10(20-6-9)3-4-11(16)17/h3-6H,1-2H3,(H,14,18)(H,16,17). The van der Waals surface area contributed by atoms with Crippen LogP contribution in [-0.4, -0.2) is 22.1 Å². The highest BCUT2D eigenvalue weighted by Gasteiger charge is 2.14. The van der Waals surface area contributed by atoms with Crippen LogP contribution >= 0.6 is 11.3 Å². The first-order chi connectivity index (χ1) is 9.47. The molecule has 0 aliphatic heterocycles. The first-order valence-corrected chi connectivity index (χ1v) is 6.59. The molecule has 0 radical (unpaired) electrons. The smallest absolute Gasteiger partial charge is 0.328 e. The summed E-state index contributed by atoms with van der Waals surface area (Å²) in [4.78, 5) is 23.1. The number of carboxylic acid groups (broad SMARTS) is 1. The van der Waals surface area contributed by atoms with Gasteiger partial charge in [-0.05, 0) is 26.0 Å². The lowest BCUT2D eigenvalue weighted by Gasteiger charge is -1.99. The molecule has 2 N–H and O–H groups in total. The van der Waals surface area contributed by atoms with E-state index >= 15 is 0 Å². The molecule has 2 heterocycles. The van der Waals surface area contributed by atoms with Crippen LogP contribution in [0.1, 0.15) is 26.5 Å². The molecule has 104 valence electrons. The molecule has 0 spiro atoms. The van der Waals surface area contributed by atoms with Crippen LogP contribution in [0, 0.1) is 13.8 Å². The van der Waals surface area contributed by atoms with Gasteiger partial charge >= 0.3 is 5.97 Å². The van der Waals surface area contributed by atoms with Crippen LogP contribution in [0.25, 0.3) is 6.08 Å². The van der Waals surface area contributed by atoms with Gasteiger partial charge in [0.25, 0.3) is 5.91 Å². The predicted octanol–water partition coefficient (Wildman–Crippen LogP) is 2.70. The van der Waals surface area contributed by atoms with Gasteiger partial charge in [-0.1, -0.05) is 5.16 Å². The van der Waals surface area contributed by atoms with Crippen molar-refractivity contribution in [2.75, 3.05) is 5.32 Å². The fraction of sp³-hybridized carbons (Fsp3) is 0.154. The van der Waals surface area contributed by atoms with Gasteiger partial charge in [0, 0.05) is 21.9 Å². The Morgan fingerprint density at radius 3 is 2.80 bits per heavy atom. The van der Waals surface area contributed by atoms with Crippen molar-refractivity contribution in [3.63, 3.8) is 0 Å². The molecule has 0 aliphatic rings. The Morgan fingerprint density at radius 2 is 2.20 bits per heavy atom. The number of nitrogens with zero attached hydrogens (tertiary/aromatic N) is 1. The summed E-state index contributed by atoms with van der Waals surface area (Å²) in [5.74, 6) is -1.03. The van der Waals surface area contributed by atoms with E-state index in [0.717, 1.165) is 17.3 Å². The fourth-order valence-electron chi connectivity index (χ4n) is 1.42. The van der Waals surface area contributed by atoms with Crippen molar-refractivity contribution < 1.29 is 19.2 Å². The maximum atomic E-state index is 12.0. The molecular weight excluding hydrogens is 280 g/mol. The van der Waals surface area contributed by atoms with Crippen LogP contribution in [0.2, 0.25) is 0 Å². The van der Waals surface area contributed by atoms with E-state index in [4.69, 9.17) is 9.63 Å². The summed E-state index contributed by atoms with van der Waals surface area (Å²) in [6.45, 7) is 3.59. The second kappa shape index (κ2) is 5.70. The fourth-order valence-corrected chi connectivity index (χ4v) is 2.20. The second-order valence-electron chi connectivity index (χ2n) is 4.09. The van der Waals surface area contributed by atoms with Crippen molar-refractivity contribution in [1.82, 2.24) is 5.16 Å². The SMILES string of the molecule is Cc1noc(NC(=O)c2csc(C=CC(=O)O)c2)c1C. The molecule has 0 unspecified atom stereocenters. The molecule has 0 fully saturated rings. The molecule has 6 nitrogen and oxygen atoms in total. The Bertz CT molecular complexity index is 684. The minimum Gasteiger partial charge on any atom is -0.478 e. The highest BCUT2D eigenvalue weighted by molar-refractivity contribution is 7.11. The predicted molar refractivity (Wildman–Crippen MR) is 74.9 cm³/mol. The third-order valence-corrected chi connectivity index (χ3v) is 3.55. The molecule has 0 bridgehead atoms. The van der Waals surface area contributed by atoms with Crippen LogP contribution in [0.4, 0.5) is 5.88 Å². The lowest BCUT2D eigenvalue weighted by atomic mass is 10.2. The van der Waals surface area contributed by atoms with Gasteiger partial charge in [0.2, 0.25) is 5.88 Å². The Kier molecular flexibility index (Phi) is 3.99. The number of carbonyl (C=O) groups is 2. The van der Waals surface area contributed by atoms with E-state index in [1.807, 2.05) is 0 Å².